The number of amides is 2. The largest absolute Gasteiger partial charge is 0.481 e. The number of carboxylic acids is 1. The summed E-state index contributed by atoms with van der Waals surface area (Å²) in [7, 11) is 0. The van der Waals surface area contributed by atoms with E-state index in [1.807, 2.05) is 24.3 Å². The number of nitrogens with one attached hydrogen (secondary N) is 2. The highest BCUT2D eigenvalue weighted by Crippen LogP contribution is 2.44. The first kappa shape index (κ1) is 23.2. The molecule has 3 N–H and O–H groups in total. The van der Waals surface area contributed by atoms with Crippen molar-refractivity contribution < 1.29 is 24.2 Å². The van der Waals surface area contributed by atoms with Gasteiger partial charge in [0, 0.05) is 24.3 Å². The smallest absolute Gasteiger partial charge is 0.407 e. The number of fused-ring (bicyclic) bond motifs is 3. The van der Waals surface area contributed by atoms with Crippen molar-refractivity contribution in [1.29, 1.82) is 0 Å². The van der Waals surface area contributed by atoms with E-state index >= 15 is 0 Å². The molecule has 0 heterocycles. The molecule has 2 atom stereocenters. The van der Waals surface area contributed by atoms with Crippen molar-refractivity contribution in [2.45, 2.75) is 31.2 Å². The molecule has 7 nitrogen and oxygen atoms in total. The summed E-state index contributed by atoms with van der Waals surface area (Å²) in [6.45, 7) is 0.648. The summed E-state index contributed by atoms with van der Waals surface area (Å²) in [4.78, 5) is 35.7. The van der Waals surface area contributed by atoms with E-state index < -0.39 is 12.1 Å². The predicted molar refractivity (Wildman–Crippen MR) is 127 cm³/mol. The Labute approximate surface area is 197 Å². The number of benzene rings is 2. The molecule has 0 unspecified atom stereocenters. The predicted octanol–water partition coefficient (Wildman–Crippen LogP) is 3.63. The fourth-order valence-electron chi connectivity index (χ4n) is 4.78. The first-order valence-electron chi connectivity index (χ1n) is 11.2. The number of hydrogen-bond donors (Lipinski definition) is 3. The number of thioether (sulfide) groups is 1. The zero-order chi connectivity index (χ0) is 23.2. The van der Waals surface area contributed by atoms with Crippen molar-refractivity contribution in [3.05, 3.63) is 59.7 Å². The van der Waals surface area contributed by atoms with E-state index in [9.17, 15) is 14.4 Å². The maximum atomic E-state index is 12.6. The second-order valence-corrected chi connectivity index (χ2v) is 9.46. The van der Waals surface area contributed by atoms with Crippen molar-refractivity contribution in [3.8, 4) is 11.1 Å². The van der Waals surface area contributed by atoms with E-state index in [-0.39, 0.29) is 36.1 Å². The SMILES string of the molecule is O=C(O)CSCCNC(=O)[C@H]1CCC[C@H]1NC(=O)OCC1c2ccccc2-c2ccccc21. The second-order valence-electron chi connectivity index (χ2n) is 8.35. The average Bonchev–Trinajstić information content (AvgIpc) is 3.39. The number of alkyl carbamates (subject to hydrolysis) is 1. The Morgan fingerprint density at radius 2 is 1.67 bits per heavy atom. The van der Waals surface area contributed by atoms with Crippen molar-refractivity contribution >= 4 is 29.7 Å². The Morgan fingerprint density at radius 3 is 2.33 bits per heavy atom. The molecule has 2 aromatic carbocycles. The van der Waals surface area contributed by atoms with E-state index in [0.29, 0.717) is 18.7 Å². The number of carboxylic acid groups (broad SMARTS) is 1. The Balaban J connectivity index is 1.28. The molecule has 33 heavy (non-hydrogen) atoms. The van der Waals surface area contributed by atoms with Crippen LogP contribution in [0.15, 0.2) is 48.5 Å². The van der Waals surface area contributed by atoms with E-state index in [2.05, 4.69) is 34.9 Å². The minimum absolute atomic E-state index is 0.00544. The Kier molecular flexibility index (Phi) is 7.54. The average molecular weight is 469 g/mol. The standard InChI is InChI=1S/C25H28N2O5S/c28-23(29)15-33-13-12-26-24(30)20-10-5-11-22(20)27-25(31)32-14-21-18-8-3-1-6-16(18)17-7-2-4-9-19(17)21/h1-4,6-9,20-22H,5,10-15H2,(H,26,30)(H,27,31)(H,28,29)/t20-,22+/m0/s1. The molecular formula is C25H28N2O5S. The molecule has 2 amide bonds. The van der Waals surface area contributed by atoms with Crippen molar-refractivity contribution in [2.75, 3.05) is 24.7 Å². The lowest BCUT2D eigenvalue weighted by Gasteiger charge is -2.21. The maximum absolute atomic E-state index is 12.6. The first-order chi connectivity index (χ1) is 16.0. The van der Waals surface area contributed by atoms with Crippen molar-refractivity contribution in [1.82, 2.24) is 10.6 Å². The minimum Gasteiger partial charge on any atom is -0.481 e. The molecular weight excluding hydrogens is 440 g/mol. The van der Waals surface area contributed by atoms with Crippen LogP contribution in [-0.4, -0.2) is 53.8 Å². The lowest BCUT2D eigenvalue weighted by Crippen LogP contribution is -2.44. The summed E-state index contributed by atoms with van der Waals surface area (Å²) < 4.78 is 5.62. The van der Waals surface area contributed by atoms with Crippen LogP contribution in [0.4, 0.5) is 4.79 Å². The van der Waals surface area contributed by atoms with Crippen molar-refractivity contribution in [2.24, 2.45) is 5.92 Å². The molecule has 8 heteroatoms. The number of ether oxygens (including phenoxy) is 1. The molecule has 0 radical (unpaired) electrons. The van der Waals surface area contributed by atoms with Gasteiger partial charge in [-0.1, -0.05) is 55.0 Å². The van der Waals surface area contributed by atoms with Crippen LogP contribution >= 0.6 is 11.8 Å². The topological polar surface area (TPSA) is 105 Å². The van der Waals surface area contributed by atoms with Crippen LogP contribution in [0.5, 0.6) is 0 Å². The van der Waals surface area contributed by atoms with Gasteiger partial charge in [0.05, 0.1) is 11.7 Å². The second kappa shape index (κ2) is 10.7. The molecule has 0 spiro atoms. The van der Waals surface area contributed by atoms with Gasteiger partial charge in [-0.3, -0.25) is 9.59 Å². The first-order valence-corrected chi connectivity index (χ1v) is 12.4. The van der Waals surface area contributed by atoms with Crippen LogP contribution in [0.25, 0.3) is 11.1 Å². The number of rotatable bonds is 9. The highest BCUT2D eigenvalue weighted by atomic mass is 32.2. The summed E-state index contributed by atoms with van der Waals surface area (Å²) >= 11 is 1.26. The highest BCUT2D eigenvalue weighted by Gasteiger charge is 2.35. The summed E-state index contributed by atoms with van der Waals surface area (Å²) in [5, 5.41) is 14.4. The maximum Gasteiger partial charge on any atom is 0.407 e. The fraction of sp³-hybridized carbons (Fsp3) is 0.400. The molecule has 1 fully saturated rings. The van der Waals surface area contributed by atoms with E-state index in [1.54, 1.807) is 0 Å². The van der Waals surface area contributed by atoms with Crippen LogP contribution in [0.3, 0.4) is 0 Å². The number of carbonyl (C=O) groups excluding carboxylic acids is 2. The van der Waals surface area contributed by atoms with Gasteiger partial charge in [0.2, 0.25) is 5.91 Å². The van der Waals surface area contributed by atoms with Gasteiger partial charge in [-0.15, -0.1) is 11.8 Å². The van der Waals surface area contributed by atoms with Crippen LogP contribution in [0.2, 0.25) is 0 Å². The van der Waals surface area contributed by atoms with Crippen LogP contribution in [-0.2, 0) is 14.3 Å². The van der Waals surface area contributed by atoms with Gasteiger partial charge < -0.3 is 20.5 Å². The number of hydrogen-bond acceptors (Lipinski definition) is 5. The molecule has 174 valence electrons. The van der Waals surface area contributed by atoms with Crippen LogP contribution in [0, 0.1) is 5.92 Å². The van der Waals surface area contributed by atoms with Gasteiger partial charge in [0.1, 0.15) is 6.61 Å². The van der Waals surface area contributed by atoms with E-state index in [4.69, 9.17) is 9.84 Å². The normalized spacial score (nSPS) is 18.9. The summed E-state index contributed by atoms with van der Waals surface area (Å²) in [6.07, 6.45) is 1.80. The molecule has 2 aromatic rings. The zero-order valence-electron chi connectivity index (χ0n) is 18.3. The number of aliphatic carboxylic acids is 1. The van der Waals surface area contributed by atoms with Crippen molar-refractivity contribution in [3.63, 3.8) is 0 Å². The lowest BCUT2D eigenvalue weighted by atomic mass is 9.98. The third kappa shape index (κ3) is 5.50. The molecule has 2 aliphatic carbocycles. The van der Waals surface area contributed by atoms with Gasteiger partial charge in [-0.25, -0.2) is 4.79 Å². The van der Waals surface area contributed by atoms with Gasteiger partial charge in [-0.05, 0) is 35.1 Å². The van der Waals surface area contributed by atoms with E-state index in [1.165, 1.54) is 22.9 Å². The minimum atomic E-state index is -0.866. The summed E-state index contributed by atoms with van der Waals surface area (Å²) in [5.74, 6) is -0.716. The van der Waals surface area contributed by atoms with Gasteiger partial charge >= 0.3 is 12.1 Å². The van der Waals surface area contributed by atoms with E-state index in [0.717, 1.165) is 24.0 Å². The van der Waals surface area contributed by atoms with Crippen LogP contribution < -0.4 is 10.6 Å². The van der Waals surface area contributed by atoms with Crippen LogP contribution in [0.1, 0.15) is 36.3 Å². The molecule has 0 aromatic heterocycles. The third-order valence-electron chi connectivity index (χ3n) is 6.27. The Morgan fingerprint density at radius 1 is 1.00 bits per heavy atom. The molecule has 1 saturated carbocycles. The summed E-state index contributed by atoms with van der Waals surface area (Å²) in [6, 6.07) is 16.1. The molecule has 0 aliphatic heterocycles. The van der Waals surface area contributed by atoms with Gasteiger partial charge in [0.15, 0.2) is 0 Å². The lowest BCUT2D eigenvalue weighted by molar-refractivity contribution is -0.134. The van der Waals surface area contributed by atoms with Gasteiger partial charge in [0.25, 0.3) is 0 Å². The summed E-state index contributed by atoms with van der Waals surface area (Å²) in [5.41, 5.74) is 4.67. The molecule has 0 bridgehead atoms. The molecule has 2 aliphatic rings. The monoisotopic (exact) mass is 468 g/mol. The fourth-order valence-corrected chi connectivity index (χ4v) is 5.34. The Bertz CT molecular complexity index is 982. The van der Waals surface area contributed by atoms with Gasteiger partial charge in [-0.2, -0.15) is 0 Å². The zero-order valence-corrected chi connectivity index (χ0v) is 19.1. The molecule has 0 saturated heterocycles. The highest BCUT2D eigenvalue weighted by molar-refractivity contribution is 7.99. The third-order valence-corrected chi connectivity index (χ3v) is 7.21. The molecule has 4 rings (SSSR count). The Hall–Kier alpha value is -3.00. The quantitative estimate of drug-likeness (QED) is 0.486. The number of carbonyl (C=O) groups is 3.